The fourth-order valence-electron chi connectivity index (χ4n) is 4.79. The van der Waals surface area contributed by atoms with Crippen LogP contribution in [0.15, 0.2) is 24.3 Å². The van der Waals surface area contributed by atoms with E-state index in [-0.39, 0.29) is 17.3 Å². The molecule has 3 saturated heterocycles. The third-order valence-corrected chi connectivity index (χ3v) is 6.60. The first-order valence-corrected chi connectivity index (χ1v) is 10.6. The molecule has 1 atom stereocenters. The molecule has 3 heterocycles. The van der Waals surface area contributed by atoms with Gasteiger partial charge in [0, 0.05) is 32.7 Å². The van der Waals surface area contributed by atoms with Crippen LogP contribution < -0.4 is 4.74 Å². The average Bonchev–Trinajstić information content (AvgIpc) is 3.21. The van der Waals surface area contributed by atoms with E-state index in [1.807, 2.05) is 0 Å². The van der Waals surface area contributed by atoms with Crippen molar-refractivity contribution in [3.8, 4) is 5.75 Å². The van der Waals surface area contributed by atoms with E-state index in [1.54, 1.807) is 12.1 Å². The lowest BCUT2D eigenvalue weighted by molar-refractivity contribution is -0.141. The number of benzene rings is 1. The van der Waals surface area contributed by atoms with Gasteiger partial charge in [0.25, 0.3) is 0 Å². The van der Waals surface area contributed by atoms with Gasteiger partial charge in [-0.25, -0.2) is 4.39 Å². The first-order valence-electron chi connectivity index (χ1n) is 10.6. The molecule has 1 amide bonds. The van der Waals surface area contributed by atoms with E-state index in [4.69, 9.17) is 9.47 Å². The van der Waals surface area contributed by atoms with Gasteiger partial charge in [0.2, 0.25) is 5.91 Å². The fraction of sp³-hybridized carbons (Fsp3) is 0.682. The molecule has 0 bridgehead atoms. The van der Waals surface area contributed by atoms with Crippen molar-refractivity contribution in [2.45, 2.75) is 44.6 Å². The van der Waals surface area contributed by atoms with Crippen LogP contribution in [0.1, 0.15) is 38.5 Å². The van der Waals surface area contributed by atoms with Crippen molar-refractivity contribution in [2.75, 3.05) is 45.9 Å². The summed E-state index contributed by atoms with van der Waals surface area (Å²) in [6.45, 7) is 6.10. The highest BCUT2D eigenvalue weighted by molar-refractivity contribution is 5.77. The average molecular weight is 390 g/mol. The number of likely N-dealkylation sites (tertiary alicyclic amines) is 2. The molecule has 5 nitrogen and oxygen atoms in total. The molecule has 0 radical (unpaired) electrons. The second kappa shape index (κ2) is 8.78. The third-order valence-electron chi connectivity index (χ3n) is 6.60. The molecule has 3 aliphatic heterocycles. The van der Waals surface area contributed by atoms with Crippen LogP contribution in [0.3, 0.4) is 0 Å². The Morgan fingerprint density at radius 1 is 1.18 bits per heavy atom. The summed E-state index contributed by atoms with van der Waals surface area (Å²) in [5.41, 5.74) is 0.279. The van der Waals surface area contributed by atoms with Crippen LogP contribution in [-0.4, -0.2) is 67.7 Å². The molecule has 154 valence electrons. The number of carbonyl (C=O) groups is 1. The second-order valence-corrected chi connectivity index (χ2v) is 8.55. The lowest BCUT2D eigenvalue weighted by Gasteiger charge is -2.47. The van der Waals surface area contributed by atoms with E-state index in [1.165, 1.54) is 12.1 Å². The number of rotatable bonds is 6. The summed E-state index contributed by atoms with van der Waals surface area (Å²) >= 11 is 0. The van der Waals surface area contributed by atoms with Crippen molar-refractivity contribution in [3.63, 3.8) is 0 Å². The molecule has 4 rings (SSSR count). The van der Waals surface area contributed by atoms with Gasteiger partial charge in [0.15, 0.2) is 0 Å². The van der Waals surface area contributed by atoms with Crippen molar-refractivity contribution < 1.29 is 18.7 Å². The molecule has 0 saturated carbocycles. The zero-order chi connectivity index (χ0) is 19.4. The molecule has 0 N–H and O–H groups in total. The molecule has 1 aromatic rings. The number of hydrogen-bond donors (Lipinski definition) is 0. The van der Waals surface area contributed by atoms with E-state index in [0.29, 0.717) is 24.7 Å². The summed E-state index contributed by atoms with van der Waals surface area (Å²) in [4.78, 5) is 16.9. The monoisotopic (exact) mass is 390 g/mol. The number of nitrogens with zero attached hydrogens (tertiary/aromatic N) is 2. The standard InChI is InChI=1S/C22H31FN2O3/c23-18-3-5-19(6-4-18)28-15-13-24-11-9-22(10-12-24)8-7-21(26)25(17-22)16-20-2-1-14-27-20/h3-6,20H,1-2,7-17H2. The zero-order valence-electron chi connectivity index (χ0n) is 16.6. The fourth-order valence-corrected chi connectivity index (χ4v) is 4.79. The van der Waals surface area contributed by atoms with Crippen LogP contribution in [0.2, 0.25) is 0 Å². The van der Waals surface area contributed by atoms with Crippen molar-refractivity contribution in [1.82, 2.24) is 9.80 Å². The summed E-state index contributed by atoms with van der Waals surface area (Å²) in [7, 11) is 0. The molecule has 1 spiro atoms. The molecule has 3 aliphatic rings. The van der Waals surface area contributed by atoms with Gasteiger partial charge in [-0.3, -0.25) is 9.69 Å². The molecule has 1 unspecified atom stereocenters. The number of hydrogen-bond acceptors (Lipinski definition) is 4. The Kier molecular flexibility index (Phi) is 6.16. The maximum absolute atomic E-state index is 12.9. The number of ether oxygens (including phenoxy) is 2. The van der Waals surface area contributed by atoms with E-state index in [2.05, 4.69) is 9.80 Å². The molecule has 1 aromatic carbocycles. The first-order chi connectivity index (χ1) is 13.6. The van der Waals surface area contributed by atoms with Gasteiger partial charge in [0.1, 0.15) is 18.2 Å². The zero-order valence-corrected chi connectivity index (χ0v) is 16.6. The van der Waals surface area contributed by atoms with Gasteiger partial charge in [-0.15, -0.1) is 0 Å². The van der Waals surface area contributed by atoms with Gasteiger partial charge in [0.05, 0.1) is 6.10 Å². The van der Waals surface area contributed by atoms with Crippen LogP contribution in [0.4, 0.5) is 4.39 Å². The van der Waals surface area contributed by atoms with E-state index in [9.17, 15) is 9.18 Å². The maximum Gasteiger partial charge on any atom is 0.222 e. The molecule has 0 aliphatic carbocycles. The largest absolute Gasteiger partial charge is 0.492 e. The van der Waals surface area contributed by atoms with Crippen molar-refractivity contribution >= 4 is 5.91 Å². The van der Waals surface area contributed by atoms with Gasteiger partial charge in [-0.05, 0) is 74.9 Å². The minimum absolute atomic E-state index is 0.239. The van der Waals surface area contributed by atoms with Crippen molar-refractivity contribution in [3.05, 3.63) is 30.1 Å². The Bertz CT molecular complexity index is 652. The third kappa shape index (κ3) is 4.84. The predicted molar refractivity (Wildman–Crippen MR) is 105 cm³/mol. The summed E-state index contributed by atoms with van der Waals surface area (Å²) in [6.07, 6.45) is 6.42. The quantitative estimate of drug-likeness (QED) is 0.749. The normalized spacial score (nSPS) is 25.4. The number of piperidine rings is 2. The summed E-state index contributed by atoms with van der Waals surface area (Å²) < 4.78 is 24.4. The van der Waals surface area contributed by atoms with Crippen molar-refractivity contribution in [1.29, 1.82) is 0 Å². The lowest BCUT2D eigenvalue weighted by atomic mass is 9.72. The Morgan fingerprint density at radius 2 is 1.96 bits per heavy atom. The smallest absolute Gasteiger partial charge is 0.222 e. The van der Waals surface area contributed by atoms with E-state index < -0.39 is 0 Å². The van der Waals surface area contributed by atoms with E-state index >= 15 is 0 Å². The Hall–Kier alpha value is -1.66. The maximum atomic E-state index is 12.9. The molecular formula is C22H31FN2O3. The summed E-state index contributed by atoms with van der Waals surface area (Å²) in [6, 6.07) is 6.18. The van der Waals surface area contributed by atoms with Crippen molar-refractivity contribution in [2.24, 2.45) is 5.41 Å². The van der Waals surface area contributed by atoms with Crippen LogP contribution >= 0.6 is 0 Å². The molecular weight excluding hydrogens is 359 g/mol. The van der Waals surface area contributed by atoms with Gasteiger partial charge >= 0.3 is 0 Å². The van der Waals surface area contributed by atoms with E-state index in [0.717, 1.165) is 71.4 Å². The van der Waals surface area contributed by atoms with Crippen LogP contribution in [0, 0.1) is 11.2 Å². The lowest BCUT2D eigenvalue weighted by Crippen LogP contribution is -2.53. The molecule has 28 heavy (non-hydrogen) atoms. The predicted octanol–water partition coefficient (Wildman–Crippen LogP) is 3.09. The minimum Gasteiger partial charge on any atom is -0.492 e. The highest BCUT2D eigenvalue weighted by Crippen LogP contribution is 2.40. The second-order valence-electron chi connectivity index (χ2n) is 8.55. The van der Waals surface area contributed by atoms with Crippen LogP contribution in [-0.2, 0) is 9.53 Å². The van der Waals surface area contributed by atoms with Gasteiger partial charge in [-0.1, -0.05) is 0 Å². The van der Waals surface area contributed by atoms with Gasteiger partial charge < -0.3 is 14.4 Å². The van der Waals surface area contributed by atoms with Gasteiger partial charge in [-0.2, -0.15) is 0 Å². The molecule has 0 aromatic heterocycles. The first kappa shape index (κ1) is 19.6. The molecule has 6 heteroatoms. The highest BCUT2D eigenvalue weighted by atomic mass is 19.1. The Morgan fingerprint density at radius 3 is 2.68 bits per heavy atom. The summed E-state index contributed by atoms with van der Waals surface area (Å²) in [5, 5.41) is 0. The highest BCUT2D eigenvalue weighted by Gasteiger charge is 2.41. The SMILES string of the molecule is O=C1CCC2(CCN(CCOc3ccc(F)cc3)CC2)CN1CC1CCCO1. The molecule has 3 fully saturated rings. The number of carbonyl (C=O) groups excluding carboxylic acids is 1. The van der Waals surface area contributed by atoms with Crippen LogP contribution in [0.5, 0.6) is 5.75 Å². The number of amides is 1. The summed E-state index contributed by atoms with van der Waals surface area (Å²) in [5.74, 6) is 0.773. The Labute approximate surface area is 166 Å². The Balaban J connectivity index is 1.22. The topological polar surface area (TPSA) is 42.0 Å². The number of halogens is 1. The van der Waals surface area contributed by atoms with Crippen LogP contribution in [0.25, 0.3) is 0 Å². The minimum atomic E-state index is -0.242.